The van der Waals surface area contributed by atoms with Gasteiger partial charge in [-0.25, -0.2) is 9.59 Å². The normalized spacial score (nSPS) is 15.2. The Labute approximate surface area is 350 Å². The van der Waals surface area contributed by atoms with E-state index in [0.717, 1.165) is 24.5 Å². The molecule has 2 atom stereocenters. The first-order chi connectivity index (χ1) is 29.3. The van der Waals surface area contributed by atoms with Crippen molar-refractivity contribution in [2.45, 2.75) is 63.0 Å². The molecule has 2 aromatic carbocycles. The van der Waals surface area contributed by atoms with Gasteiger partial charge in [-0.3, -0.25) is 9.59 Å². The molecule has 0 fully saturated rings. The first kappa shape index (κ1) is 47.0. The van der Waals surface area contributed by atoms with Crippen LogP contribution in [0.1, 0.15) is 69.6 Å². The van der Waals surface area contributed by atoms with Crippen LogP contribution in [0.5, 0.6) is 23.0 Å². The number of halogens is 6. The number of pyridine rings is 2. The van der Waals surface area contributed by atoms with Crippen LogP contribution < -0.4 is 29.8 Å². The van der Waals surface area contributed by atoms with Crippen molar-refractivity contribution >= 4 is 11.9 Å². The van der Waals surface area contributed by atoms with Gasteiger partial charge in [0.15, 0.2) is 33.9 Å². The van der Waals surface area contributed by atoms with Gasteiger partial charge in [0.25, 0.3) is 0 Å². The van der Waals surface area contributed by atoms with Crippen LogP contribution in [0.25, 0.3) is 22.5 Å². The van der Waals surface area contributed by atoms with Crippen LogP contribution in [0.3, 0.4) is 0 Å². The highest BCUT2D eigenvalue weighted by atomic mass is 19.4. The average molecular weight is 883 g/mol. The fourth-order valence-electron chi connectivity index (χ4n) is 7.37. The minimum atomic E-state index is -4.47. The van der Waals surface area contributed by atoms with Gasteiger partial charge in [0.2, 0.25) is 0 Å². The number of carboxylic acids is 2. The lowest BCUT2D eigenvalue weighted by Gasteiger charge is -2.32. The summed E-state index contributed by atoms with van der Waals surface area (Å²) in [4.78, 5) is 47.3. The highest BCUT2D eigenvalue weighted by Crippen LogP contribution is 2.45. The van der Waals surface area contributed by atoms with Gasteiger partial charge in [-0.1, -0.05) is 0 Å². The number of hydrogen-bond acceptors (Lipinski definition) is 10. The van der Waals surface area contributed by atoms with E-state index in [4.69, 9.17) is 28.4 Å². The molecule has 4 aromatic rings. The third-order valence-electron chi connectivity index (χ3n) is 10.1. The van der Waals surface area contributed by atoms with Gasteiger partial charge in [0, 0.05) is 88.0 Å². The Kier molecular flexibility index (Phi) is 15.0. The fourth-order valence-corrected chi connectivity index (χ4v) is 7.37. The fraction of sp³-hybridized carbons (Fsp3) is 0.429. The number of ether oxygens (including phenoxy) is 6. The maximum absolute atomic E-state index is 13.2. The molecular formula is C42H44F6N2O12. The summed E-state index contributed by atoms with van der Waals surface area (Å²) in [6, 6.07) is 6.33. The first-order valence-electron chi connectivity index (χ1n) is 19.1. The zero-order chi connectivity index (χ0) is 45.5. The molecule has 2 aliphatic heterocycles. The monoisotopic (exact) mass is 882 g/mol. The number of benzene rings is 2. The number of alkyl halides is 6. The molecule has 0 bridgehead atoms. The second kappa shape index (κ2) is 19.8. The second-order valence-corrected chi connectivity index (χ2v) is 14.4. The van der Waals surface area contributed by atoms with Crippen molar-refractivity contribution in [1.29, 1.82) is 0 Å². The van der Waals surface area contributed by atoms with Crippen molar-refractivity contribution in [1.82, 2.24) is 9.13 Å². The molecule has 2 N–H and O–H groups in total. The molecule has 2 aromatic heterocycles. The zero-order valence-corrected chi connectivity index (χ0v) is 34.0. The summed E-state index contributed by atoms with van der Waals surface area (Å²) in [5.74, 6) is -1.52. The molecule has 0 radical (unpaired) electrons. The number of fused-ring (bicyclic) bond motifs is 6. The smallest absolute Gasteiger partial charge is 0.391 e. The van der Waals surface area contributed by atoms with E-state index in [0.29, 0.717) is 84.5 Å². The van der Waals surface area contributed by atoms with Crippen LogP contribution in [0.2, 0.25) is 0 Å². The lowest BCUT2D eigenvalue weighted by atomic mass is 9.90. The van der Waals surface area contributed by atoms with Crippen molar-refractivity contribution in [3.63, 3.8) is 0 Å². The molecule has 0 unspecified atom stereocenters. The highest BCUT2D eigenvalue weighted by Gasteiger charge is 2.38. The number of nitrogens with zero attached hydrogens (tertiary/aromatic N) is 2. The Morgan fingerprint density at radius 3 is 1.27 bits per heavy atom. The van der Waals surface area contributed by atoms with Crippen LogP contribution in [0.4, 0.5) is 26.3 Å². The third kappa shape index (κ3) is 11.3. The van der Waals surface area contributed by atoms with Crippen molar-refractivity contribution < 1.29 is 74.6 Å². The number of carbonyl (C=O) groups is 2. The van der Waals surface area contributed by atoms with Gasteiger partial charge in [0.05, 0.1) is 51.7 Å². The second-order valence-electron chi connectivity index (χ2n) is 14.4. The van der Waals surface area contributed by atoms with E-state index in [1.807, 2.05) is 0 Å². The van der Waals surface area contributed by atoms with Crippen LogP contribution in [0.15, 0.2) is 58.4 Å². The summed E-state index contributed by atoms with van der Waals surface area (Å²) in [5.41, 5.74) is -0.216. The lowest BCUT2D eigenvalue weighted by molar-refractivity contribution is -0.143. The Morgan fingerprint density at radius 2 is 0.968 bits per heavy atom. The maximum atomic E-state index is 13.2. The number of methoxy groups -OCH3 is 4. The van der Waals surface area contributed by atoms with Crippen molar-refractivity contribution in [3.05, 3.63) is 91.5 Å². The molecule has 14 nitrogen and oxygen atoms in total. The Morgan fingerprint density at radius 1 is 0.597 bits per heavy atom. The molecule has 0 spiro atoms. The van der Waals surface area contributed by atoms with E-state index in [1.54, 1.807) is 38.5 Å². The van der Waals surface area contributed by atoms with Crippen molar-refractivity contribution in [2.24, 2.45) is 0 Å². The van der Waals surface area contributed by atoms with E-state index < -0.39 is 71.2 Å². The van der Waals surface area contributed by atoms with E-state index in [9.17, 15) is 55.7 Å². The predicted molar refractivity (Wildman–Crippen MR) is 210 cm³/mol. The molecular weight excluding hydrogens is 838 g/mol. The Bertz CT molecular complexity index is 2230. The molecule has 0 saturated carbocycles. The molecule has 336 valence electrons. The molecule has 0 aliphatic carbocycles. The molecule has 6 rings (SSSR count). The SMILES string of the molecule is COCCCOc1cc2c(cc1OC)-c1cc(=O)c(C(=O)O)cn1[C@@H](CC(F)(F)F)C2.COCCCOc1cc2c(cc1OC)-c1cc(=O)c(C(=O)O)cn1[C@H](CC(F)(F)F)C2. The number of carboxylic acid groups (broad SMARTS) is 2. The first-order valence-corrected chi connectivity index (χ1v) is 19.1. The number of aromatic carboxylic acids is 2. The molecule has 0 saturated heterocycles. The number of hydrogen-bond donors (Lipinski definition) is 2. The summed E-state index contributed by atoms with van der Waals surface area (Å²) in [7, 11) is 5.99. The van der Waals surface area contributed by atoms with E-state index in [-0.39, 0.29) is 24.2 Å². The molecule has 2 aliphatic rings. The molecule has 62 heavy (non-hydrogen) atoms. The van der Waals surface area contributed by atoms with E-state index in [1.165, 1.54) is 23.4 Å². The topological polar surface area (TPSA) is 174 Å². The summed E-state index contributed by atoms with van der Waals surface area (Å²) < 4.78 is 114. The highest BCUT2D eigenvalue weighted by molar-refractivity contribution is 5.88. The van der Waals surface area contributed by atoms with Crippen LogP contribution in [-0.4, -0.2) is 98.5 Å². The van der Waals surface area contributed by atoms with Gasteiger partial charge in [0.1, 0.15) is 11.1 Å². The molecule has 0 amide bonds. The van der Waals surface area contributed by atoms with Crippen LogP contribution >= 0.6 is 0 Å². The van der Waals surface area contributed by atoms with Crippen molar-refractivity contribution in [3.8, 4) is 45.5 Å². The van der Waals surface area contributed by atoms with Crippen molar-refractivity contribution in [2.75, 3.05) is 54.9 Å². The van der Waals surface area contributed by atoms with Gasteiger partial charge < -0.3 is 47.8 Å². The average Bonchev–Trinajstić information content (AvgIpc) is 3.19. The third-order valence-corrected chi connectivity index (χ3v) is 10.1. The summed E-state index contributed by atoms with van der Waals surface area (Å²) in [5, 5.41) is 18.5. The predicted octanol–water partition coefficient (Wildman–Crippen LogP) is 7.37. The van der Waals surface area contributed by atoms with Gasteiger partial charge in [-0.05, 0) is 48.2 Å². The van der Waals surface area contributed by atoms with Gasteiger partial charge >= 0.3 is 24.3 Å². The number of rotatable bonds is 16. The Balaban J connectivity index is 0.000000234. The maximum Gasteiger partial charge on any atom is 0.391 e. The van der Waals surface area contributed by atoms with Crippen LogP contribution in [-0.2, 0) is 22.3 Å². The van der Waals surface area contributed by atoms with E-state index >= 15 is 0 Å². The van der Waals surface area contributed by atoms with E-state index in [2.05, 4.69) is 0 Å². The lowest BCUT2D eigenvalue weighted by Crippen LogP contribution is -2.28. The largest absolute Gasteiger partial charge is 0.493 e. The minimum Gasteiger partial charge on any atom is -0.493 e. The Hall–Kier alpha value is -6.02. The summed E-state index contributed by atoms with van der Waals surface area (Å²) in [6.45, 7) is 1.63. The summed E-state index contributed by atoms with van der Waals surface area (Å²) in [6.07, 6.45) is -8.11. The van der Waals surface area contributed by atoms with Gasteiger partial charge in [-0.15, -0.1) is 0 Å². The zero-order valence-electron chi connectivity index (χ0n) is 34.0. The standard InChI is InChI=1S/2C21H22F3NO6/c2*1-29-4-3-5-31-19-7-12-6-13(10-21(22,23)24)25-11-15(20(27)28)17(26)9-16(25)14(12)8-18(19)30-2/h2*7-9,11,13H,3-6,10H2,1-2H3,(H,27,28)/t2*13-/m10/s1. The summed E-state index contributed by atoms with van der Waals surface area (Å²) >= 11 is 0. The molecule has 20 heteroatoms. The minimum absolute atomic E-state index is 0.0117. The quantitative estimate of drug-likeness (QED) is 0.0846. The van der Waals surface area contributed by atoms with Gasteiger partial charge in [-0.2, -0.15) is 26.3 Å². The molecule has 4 heterocycles. The van der Waals surface area contributed by atoms with Crippen LogP contribution in [0, 0.1) is 0 Å². The number of aromatic nitrogens is 2.